The summed E-state index contributed by atoms with van der Waals surface area (Å²) in [5.41, 5.74) is 4.08. The lowest BCUT2D eigenvalue weighted by Crippen LogP contribution is -2.06. The molecule has 0 unspecified atom stereocenters. The predicted molar refractivity (Wildman–Crippen MR) is 64.6 cm³/mol. The average Bonchev–Trinajstić information content (AvgIpc) is 2.58. The average molecular weight is 236 g/mol. The van der Waals surface area contributed by atoms with Gasteiger partial charge in [-0.15, -0.1) is 11.6 Å². The molecule has 2 aromatic rings. The maximum atomic E-state index is 5.75. The van der Waals surface area contributed by atoms with Gasteiger partial charge in [0.15, 0.2) is 0 Å². The molecule has 0 atom stereocenters. The molecule has 0 spiro atoms. The molecule has 0 bridgehead atoms. The highest BCUT2D eigenvalue weighted by molar-refractivity contribution is 6.16. The molecule has 0 saturated heterocycles. The standard InChI is InChI=1S/C12H14ClN3/c1-9-6-10(2)16(15-9)8-12-5-3-4-11(7-13)14-12/h3-6H,7-8H2,1-2H3. The van der Waals surface area contributed by atoms with Crippen LogP contribution in [0.4, 0.5) is 0 Å². The van der Waals surface area contributed by atoms with Crippen molar-refractivity contribution in [2.24, 2.45) is 0 Å². The summed E-state index contributed by atoms with van der Waals surface area (Å²) in [4.78, 5) is 4.44. The van der Waals surface area contributed by atoms with Gasteiger partial charge in [0.05, 0.1) is 29.5 Å². The van der Waals surface area contributed by atoms with Crippen LogP contribution in [0.2, 0.25) is 0 Å². The number of rotatable bonds is 3. The number of hydrogen-bond acceptors (Lipinski definition) is 2. The minimum atomic E-state index is 0.449. The first-order valence-electron chi connectivity index (χ1n) is 5.21. The number of aromatic nitrogens is 3. The van der Waals surface area contributed by atoms with Crippen LogP contribution < -0.4 is 0 Å². The Morgan fingerprint density at radius 3 is 2.62 bits per heavy atom. The van der Waals surface area contributed by atoms with E-state index in [2.05, 4.69) is 16.1 Å². The number of pyridine rings is 1. The number of hydrogen-bond donors (Lipinski definition) is 0. The third-order valence-corrected chi connectivity index (χ3v) is 2.69. The number of halogens is 1. The van der Waals surface area contributed by atoms with Crippen molar-refractivity contribution in [2.45, 2.75) is 26.3 Å². The molecule has 0 aromatic carbocycles. The largest absolute Gasteiger partial charge is 0.264 e. The normalized spacial score (nSPS) is 10.7. The third kappa shape index (κ3) is 2.42. The van der Waals surface area contributed by atoms with Gasteiger partial charge < -0.3 is 0 Å². The number of alkyl halides is 1. The van der Waals surface area contributed by atoms with E-state index in [1.807, 2.05) is 36.7 Å². The molecule has 4 heteroatoms. The Morgan fingerprint density at radius 1 is 1.25 bits per heavy atom. The lowest BCUT2D eigenvalue weighted by atomic mass is 10.3. The van der Waals surface area contributed by atoms with Crippen molar-refractivity contribution in [3.8, 4) is 0 Å². The van der Waals surface area contributed by atoms with Crippen LogP contribution >= 0.6 is 11.6 Å². The van der Waals surface area contributed by atoms with Crippen LogP contribution in [0.1, 0.15) is 22.8 Å². The summed E-state index contributed by atoms with van der Waals surface area (Å²) in [7, 11) is 0. The first-order valence-corrected chi connectivity index (χ1v) is 5.74. The second-order valence-corrected chi connectivity index (χ2v) is 4.11. The van der Waals surface area contributed by atoms with E-state index >= 15 is 0 Å². The van der Waals surface area contributed by atoms with E-state index in [9.17, 15) is 0 Å². The molecule has 16 heavy (non-hydrogen) atoms. The molecule has 0 aliphatic heterocycles. The molecule has 84 valence electrons. The van der Waals surface area contributed by atoms with Gasteiger partial charge in [0.2, 0.25) is 0 Å². The van der Waals surface area contributed by atoms with E-state index in [0.29, 0.717) is 12.4 Å². The molecule has 0 aliphatic carbocycles. The lowest BCUT2D eigenvalue weighted by molar-refractivity contribution is 0.645. The van der Waals surface area contributed by atoms with Crippen molar-refractivity contribution in [2.75, 3.05) is 0 Å². The van der Waals surface area contributed by atoms with E-state index in [-0.39, 0.29) is 0 Å². The quantitative estimate of drug-likeness (QED) is 0.766. The van der Waals surface area contributed by atoms with Crippen LogP contribution in [0.3, 0.4) is 0 Å². The molecule has 3 nitrogen and oxygen atoms in total. The fraction of sp³-hybridized carbons (Fsp3) is 0.333. The second kappa shape index (κ2) is 4.66. The smallest absolute Gasteiger partial charge is 0.0834 e. The van der Waals surface area contributed by atoms with Crippen molar-refractivity contribution < 1.29 is 0 Å². The Morgan fingerprint density at radius 2 is 2.00 bits per heavy atom. The number of aryl methyl sites for hydroxylation is 2. The molecular weight excluding hydrogens is 222 g/mol. The molecule has 0 radical (unpaired) electrons. The molecule has 2 aromatic heterocycles. The molecule has 0 aliphatic rings. The molecule has 2 heterocycles. The van der Waals surface area contributed by atoms with Gasteiger partial charge in [0.1, 0.15) is 0 Å². The Kier molecular flexibility index (Phi) is 3.25. The van der Waals surface area contributed by atoms with Gasteiger partial charge in [-0.1, -0.05) is 6.07 Å². The van der Waals surface area contributed by atoms with Crippen molar-refractivity contribution >= 4 is 11.6 Å². The zero-order valence-electron chi connectivity index (χ0n) is 9.44. The zero-order chi connectivity index (χ0) is 11.5. The highest BCUT2D eigenvalue weighted by Crippen LogP contribution is 2.07. The maximum absolute atomic E-state index is 5.75. The summed E-state index contributed by atoms with van der Waals surface area (Å²) in [6.07, 6.45) is 0. The third-order valence-electron chi connectivity index (χ3n) is 2.42. The molecule has 2 rings (SSSR count). The Bertz CT molecular complexity index is 491. The molecule has 0 saturated carbocycles. The first kappa shape index (κ1) is 11.1. The highest BCUT2D eigenvalue weighted by atomic mass is 35.5. The van der Waals surface area contributed by atoms with Gasteiger partial charge in [-0.2, -0.15) is 5.10 Å². The van der Waals surface area contributed by atoms with Gasteiger partial charge in [-0.3, -0.25) is 9.67 Å². The fourth-order valence-electron chi connectivity index (χ4n) is 1.68. The SMILES string of the molecule is Cc1cc(C)n(Cc2cccc(CCl)n2)n1. The summed E-state index contributed by atoms with van der Waals surface area (Å²) in [5, 5.41) is 4.40. The van der Waals surface area contributed by atoms with Gasteiger partial charge >= 0.3 is 0 Å². The Labute approximate surface area is 100 Å². The monoisotopic (exact) mass is 235 g/mol. The van der Waals surface area contributed by atoms with E-state index < -0.39 is 0 Å². The molecular formula is C12H14ClN3. The first-order chi connectivity index (χ1) is 7.69. The number of nitrogens with zero attached hydrogens (tertiary/aromatic N) is 3. The van der Waals surface area contributed by atoms with Gasteiger partial charge in [0, 0.05) is 5.69 Å². The summed E-state index contributed by atoms with van der Waals surface area (Å²) in [6.45, 7) is 4.74. The topological polar surface area (TPSA) is 30.7 Å². The van der Waals surface area contributed by atoms with Crippen molar-refractivity contribution in [1.82, 2.24) is 14.8 Å². The van der Waals surface area contributed by atoms with Crippen LogP contribution in [0.25, 0.3) is 0 Å². The van der Waals surface area contributed by atoms with E-state index in [1.54, 1.807) is 0 Å². The van der Waals surface area contributed by atoms with E-state index in [1.165, 1.54) is 0 Å². The molecule has 0 fully saturated rings. The summed E-state index contributed by atoms with van der Waals surface area (Å²) in [6, 6.07) is 7.96. The van der Waals surface area contributed by atoms with Crippen molar-refractivity contribution in [1.29, 1.82) is 0 Å². The van der Waals surface area contributed by atoms with Gasteiger partial charge in [-0.25, -0.2) is 0 Å². The summed E-state index contributed by atoms with van der Waals surface area (Å²) in [5.74, 6) is 0.449. The minimum absolute atomic E-state index is 0.449. The van der Waals surface area contributed by atoms with Crippen LogP contribution in [-0.4, -0.2) is 14.8 Å². The summed E-state index contributed by atoms with van der Waals surface area (Å²) < 4.78 is 1.95. The van der Waals surface area contributed by atoms with Gasteiger partial charge in [-0.05, 0) is 32.0 Å². The van der Waals surface area contributed by atoms with E-state index in [4.69, 9.17) is 11.6 Å². The molecule has 0 N–H and O–H groups in total. The van der Waals surface area contributed by atoms with Crippen molar-refractivity contribution in [3.63, 3.8) is 0 Å². The Balaban J connectivity index is 2.23. The summed E-state index contributed by atoms with van der Waals surface area (Å²) >= 11 is 5.75. The van der Waals surface area contributed by atoms with Gasteiger partial charge in [0.25, 0.3) is 0 Å². The van der Waals surface area contributed by atoms with E-state index in [0.717, 1.165) is 22.8 Å². The fourth-order valence-corrected chi connectivity index (χ4v) is 1.83. The zero-order valence-corrected chi connectivity index (χ0v) is 10.2. The minimum Gasteiger partial charge on any atom is -0.264 e. The highest BCUT2D eigenvalue weighted by Gasteiger charge is 2.03. The van der Waals surface area contributed by atoms with Crippen LogP contribution in [-0.2, 0) is 12.4 Å². The molecule has 0 amide bonds. The van der Waals surface area contributed by atoms with Crippen LogP contribution in [0.5, 0.6) is 0 Å². The Hall–Kier alpha value is -1.35. The lowest BCUT2D eigenvalue weighted by Gasteiger charge is -2.04. The van der Waals surface area contributed by atoms with Crippen LogP contribution in [0, 0.1) is 13.8 Å². The second-order valence-electron chi connectivity index (χ2n) is 3.84. The predicted octanol–water partition coefficient (Wildman–Crippen LogP) is 2.68. The maximum Gasteiger partial charge on any atom is 0.0834 e. The van der Waals surface area contributed by atoms with Crippen molar-refractivity contribution in [3.05, 3.63) is 47.0 Å². The van der Waals surface area contributed by atoms with Crippen LogP contribution in [0.15, 0.2) is 24.3 Å².